The van der Waals surface area contributed by atoms with E-state index in [4.69, 9.17) is 15.5 Å². The second kappa shape index (κ2) is 25.9. The van der Waals surface area contributed by atoms with Crippen molar-refractivity contribution >= 4 is 52.3 Å². The van der Waals surface area contributed by atoms with Gasteiger partial charge in [0.2, 0.25) is 23.6 Å². The van der Waals surface area contributed by atoms with E-state index in [0.29, 0.717) is 84.0 Å². The van der Waals surface area contributed by atoms with Crippen LogP contribution in [0.2, 0.25) is 0 Å². The molecule has 0 radical (unpaired) electrons. The standard InChI is InChI=1S/C54H71FN12O8S/c1-7-34(8-2)76-53-59-25-33(26-60-53)43-29-66(65-64-43)21-14-10-11-18-45(68)63-47(31(4)5)50(71)62-41(17-12-13-19-56)49(70)58-27-46(69)57-20-15-16-35-36-22-32(6)40(55)24-42(36)61-48-37(35)28-67-44(48)23-39-38(51(67)72)30-75-52(73)54(39,74)9-3/h22-26,29,31,34,41,47,74H,7-21,27-28,30,56H2,1-6H3,(H,57,69)(H,58,70)(H,62,71)(H,63,68)/t41-,47-,54-/m0/s1. The maximum atomic E-state index is 15.0. The second-order valence-corrected chi connectivity index (χ2v) is 21.2. The average molecular weight is 1070 g/mol. The number of carbonyl (C=O) groups excluding carboxylic acids is 5. The summed E-state index contributed by atoms with van der Waals surface area (Å²) < 4.78 is 23.5. The van der Waals surface area contributed by atoms with Gasteiger partial charge < -0.3 is 41.4 Å². The number of hydrogen-bond donors (Lipinski definition) is 6. The third kappa shape index (κ3) is 13.3. The lowest BCUT2D eigenvalue weighted by atomic mass is 9.86. The van der Waals surface area contributed by atoms with Crippen molar-refractivity contribution in [3.63, 3.8) is 0 Å². The van der Waals surface area contributed by atoms with Gasteiger partial charge >= 0.3 is 5.97 Å². The van der Waals surface area contributed by atoms with Gasteiger partial charge in [0.05, 0.1) is 41.8 Å². The van der Waals surface area contributed by atoms with E-state index in [0.717, 1.165) is 47.5 Å². The lowest BCUT2D eigenvalue weighted by Gasteiger charge is -2.31. The van der Waals surface area contributed by atoms with Crippen LogP contribution in [0.15, 0.2) is 46.7 Å². The van der Waals surface area contributed by atoms with Gasteiger partial charge in [-0.05, 0) is 107 Å². The molecule has 1 aromatic carbocycles. The first kappa shape index (κ1) is 57.1. The molecular weight excluding hydrogens is 996 g/mol. The van der Waals surface area contributed by atoms with Gasteiger partial charge in [-0.1, -0.05) is 58.0 Å². The van der Waals surface area contributed by atoms with E-state index in [1.54, 1.807) is 54.8 Å². The van der Waals surface area contributed by atoms with Gasteiger partial charge in [0.25, 0.3) is 5.56 Å². The van der Waals surface area contributed by atoms with Gasteiger partial charge in [0.15, 0.2) is 10.8 Å². The van der Waals surface area contributed by atoms with Crippen molar-refractivity contribution in [1.82, 2.24) is 55.8 Å². The zero-order chi connectivity index (χ0) is 54.7. The molecule has 0 unspecified atom stereocenters. The molecule has 2 aliphatic heterocycles. The summed E-state index contributed by atoms with van der Waals surface area (Å²) in [6.07, 6.45) is 12.0. The number of aliphatic hydroxyl groups is 1. The Morgan fingerprint density at radius 1 is 0.934 bits per heavy atom. The predicted molar refractivity (Wildman–Crippen MR) is 285 cm³/mol. The van der Waals surface area contributed by atoms with E-state index in [1.165, 1.54) is 10.6 Å². The number of hydrogen-bond acceptors (Lipinski definition) is 15. The highest BCUT2D eigenvalue weighted by Crippen LogP contribution is 2.41. The molecule has 20 nitrogen and oxygen atoms in total. The molecule has 5 aromatic rings. The smallest absolute Gasteiger partial charge is 0.343 e. The largest absolute Gasteiger partial charge is 0.458 e. The Hall–Kier alpha value is -6.65. The topological polar surface area (TPSA) is 280 Å². The molecule has 2 aliphatic rings. The molecule has 408 valence electrons. The summed E-state index contributed by atoms with van der Waals surface area (Å²) in [6.45, 7) is 11.9. The normalized spacial score (nSPS) is 15.5. The molecule has 22 heteroatoms. The Kier molecular flexibility index (Phi) is 19.5. The van der Waals surface area contributed by atoms with Crippen LogP contribution in [0.1, 0.15) is 133 Å². The number of benzene rings is 1. The first-order valence-corrected chi connectivity index (χ1v) is 27.4. The molecule has 0 aliphatic carbocycles. The number of nitrogens with zero attached hydrogens (tertiary/aromatic N) is 7. The number of aromatic nitrogens is 7. The Bertz CT molecular complexity index is 2980. The number of cyclic esters (lactones) is 1. The molecule has 6 heterocycles. The zero-order valence-corrected chi connectivity index (χ0v) is 45.1. The van der Waals surface area contributed by atoms with Crippen LogP contribution in [0, 0.1) is 18.7 Å². The molecule has 4 aromatic heterocycles. The summed E-state index contributed by atoms with van der Waals surface area (Å²) in [5.41, 5.74) is 8.30. The van der Waals surface area contributed by atoms with Crippen LogP contribution in [0.4, 0.5) is 4.39 Å². The fraction of sp³-hybridized carbons (Fsp3) is 0.537. The molecular formula is C54H71FN12O8S. The predicted octanol–water partition coefficient (Wildman–Crippen LogP) is 5.04. The van der Waals surface area contributed by atoms with Crippen molar-refractivity contribution in [1.29, 1.82) is 0 Å². The van der Waals surface area contributed by atoms with Gasteiger partial charge in [-0.15, -0.1) is 5.10 Å². The lowest BCUT2D eigenvalue weighted by molar-refractivity contribution is -0.172. The first-order chi connectivity index (χ1) is 36.5. The fourth-order valence-electron chi connectivity index (χ4n) is 9.62. The van der Waals surface area contributed by atoms with Gasteiger partial charge in [0.1, 0.15) is 30.2 Å². The number of ether oxygens (including phenoxy) is 1. The summed E-state index contributed by atoms with van der Waals surface area (Å²) in [4.78, 5) is 93.9. The van der Waals surface area contributed by atoms with E-state index in [9.17, 15) is 38.3 Å². The Morgan fingerprint density at radius 2 is 1.70 bits per heavy atom. The molecule has 4 amide bonds. The SMILES string of the molecule is CCC(CC)Sc1ncc(-c2cn(CCCCCC(=O)N[C@H](C(=O)N[C@@H](CCCCN)C(=O)NCC(=O)NCCCc3c4c(nc5cc(F)c(C)cc35)-c3cc5c(c(=O)n3C4)COC(=O)[C@]5(O)CC)C(C)C)nn2)cn1. The second-order valence-electron chi connectivity index (χ2n) is 19.9. The Morgan fingerprint density at radius 3 is 2.41 bits per heavy atom. The van der Waals surface area contributed by atoms with Gasteiger partial charge in [0, 0.05) is 65.3 Å². The minimum absolute atomic E-state index is 0.0133. The number of esters is 1. The summed E-state index contributed by atoms with van der Waals surface area (Å²) in [5.74, 6) is -3.40. The number of aryl methyl sites for hydroxylation is 3. The molecule has 0 bridgehead atoms. The van der Waals surface area contributed by atoms with E-state index in [2.05, 4.69) is 55.4 Å². The molecule has 76 heavy (non-hydrogen) atoms. The van der Waals surface area contributed by atoms with E-state index in [1.807, 2.05) is 20.0 Å². The van der Waals surface area contributed by atoms with Gasteiger partial charge in [-0.3, -0.25) is 28.7 Å². The fourth-order valence-corrected chi connectivity index (χ4v) is 10.5. The van der Waals surface area contributed by atoms with E-state index < -0.39 is 52.8 Å². The van der Waals surface area contributed by atoms with Crippen molar-refractivity contribution in [3.05, 3.63) is 80.8 Å². The zero-order valence-electron chi connectivity index (χ0n) is 44.3. The number of nitrogens with one attached hydrogen (secondary N) is 4. The van der Waals surface area contributed by atoms with Crippen LogP contribution in [0.25, 0.3) is 33.5 Å². The number of thioether (sulfide) groups is 1. The molecule has 0 fully saturated rings. The maximum Gasteiger partial charge on any atom is 0.343 e. The Labute approximate surface area is 445 Å². The lowest BCUT2D eigenvalue weighted by Crippen LogP contribution is -2.56. The van der Waals surface area contributed by atoms with Crippen molar-refractivity contribution in [2.24, 2.45) is 11.7 Å². The third-order valence-corrected chi connectivity index (χ3v) is 15.6. The first-order valence-electron chi connectivity index (χ1n) is 26.5. The highest BCUT2D eigenvalue weighted by Gasteiger charge is 2.45. The van der Waals surface area contributed by atoms with Crippen molar-refractivity contribution in [2.75, 3.05) is 19.6 Å². The summed E-state index contributed by atoms with van der Waals surface area (Å²) >= 11 is 1.67. The van der Waals surface area contributed by atoms with Crippen molar-refractivity contribution < 1.29 is 38.2 Å². The number of pyridine rings is 2. The van der Waals surface area contributed by atoms with Crippen LogP contribution >= 0.6 is 11.8 Å². The van der Waals surface area contributed by atoms with Crippen LogP contribution in [-0.4, -0.2) is 106 Å². The van der Waals surface area contributed by atoms with Gasteiger partial charge in [-0.25, -0.2) is 24.1 Å². The minimum Gasteiger partial charge on any atom is -0.458 e. The van der Waals surface area contributed by atoms with Crippen LogP contribution in [-0.2, 0) is 60.4 Å². The number of carbonyl (C=O) groups is 5. The summed E-state index contributed by atoms with van der Waals surface area (Å²) in [5, 5.41) is 32.9. The molecule has 7 rings (SSSR count). The number of rotatable bonds is 27. The quantitative estimate of drug-likeness (QED) is 0.0171. The highest BCUT2D eigenvalue weighted by molar-refractivity contribution is 7.99. The summed E-state index contributed by atoms with van der Waals surface area (Å²) in [7, 11) is 0. The van der Waals surface area contributed by atoms with Crippen LogP contribution < -0.4 is 32.6 Å². The number of halogens is 1. The molecule has 3 atom stereocenters. The van der Waals surface area contributed by atoms with Crippen molar-refractivity contribution in [3.8, 4) is 22.6 Å². The number of amides is 4. The molecule has 0 spiro atoms. The molecule has 7 N–H and O–H groups in total. The third-order valence-electron chi connectivity index (χ3n) is 14.2. The number of unbranched alkanes of at least 4 members (excludes halogenated alkanes) is 3. The minimum atomic E-state index is -2.01. The van der Waals surface area contributed by atoms with Crippen LogP contribution in [0.5, 0.6) is 0 Å². The maximum absolute atomic E-state index is 15.0. The monoisotopic (exact) mass is 1070 g/mol. The van der Waals surface area contributed by atoms with E-state index >= 15 is 0 Å². The molecule has 0 saturated carbocycles. The summed E-state index contributed by atoms with van der Waals surface area (Å²) in [6, 6.07) is 2.77. The molecule has 0 saturated heterocycles. The van der Waals surface area contributed by atoms with Crippen LogP contribution in [0.3, 0.4) is 0 Å². The van der Waals surface area contributed by atoms with Gasteiger partial charge in [-0.2, -0.15) is 0 Å². The Balaban J connectivity index is 0.886. The number of nitrogens with two attached hydrogens (primary N) is 1. The highest BCUT2D eigenvalue weighted by atomic mass is 32.2. The average Bonchev–Trinajstić information content (AvgIpc) is 4.06. The number of fused-ring (bicyclic) bond motifs is 5. The van der Waals surface area contributed by atoms with Crippen molar-refractivity contribution in [2.45, 2.75) is 166 Å². The van der Waals surface area contributed by atoms with E-state index in [-0.39, 0.29) is 68.5 Å².